The van der Waals surface area contributed by atoms with Crippen molar-refractivity contribution in [3.8, 4) is 0 Å². The van der Waals surface area contributed by atoms with Crippen LogP contribution in [-0.4, -0.2) is 46.7 Å². The zero-order valence-electron chi connectivity index (χ0n) is 18.4. The maximum absolute atomic E-state index is 13.7. The average Bonchev–Trinajstić information content (AvgIpc) is 3.61. The lowest BCUT2D eigenvalue weighted by molar-refractivity contribution is -0.136. The number of hydrogen-bond acceptors (Lipinski definition) is 5. The van der Waals surface area contributed by atoms with Crippen molar-refractivity contribution in [2.24, 2.45) is 0 Å². The number of amides is 1. The topological polar surface area (TPSA) is 87.7 Å². The molecule has 11 heteroatoms. The van der Waals surface area contributed by atoms with Crippen LogP contribution in [0.25, 0.3) is 0 Å². The number of alkyl halides is 3. The van der Waals surface area contributed by atoms with Crippen molar-refractivity contribution in [2.75, 3.05) is 36.5 Å². The second-order valence-electron chi connectivity index (χ2n) is 8.41. The van der Waals surface area contributed by atoms with Crippen molar-refractivity contribution >= 4 is 27.3 Å². The van der Waals surface area contributed by atoms with E-state index in [1.165, 1.54) is 18.2 Å². The summed E-state index contributed by atoms with van der Waals surface area (Å²) in [7, 11) is -3.56. The normalized spacial score (nSPS) is 17.0. The largest absolute Gasteiger partial charge is 0.418 e. The highest BCUT2D eigenvalue weighted by Crippen LogP contribution is 2.37. The molecule has 2 N–H and O–H groups in total. The van der Waals surface area contributed by atoms with Gasteiger partial charge in [0, 0.05) is 31.2 Å². The van der Waals surface area contributed by atoms with Crippen molar-refractivity contribution in [3.63, 3.8) is 0 Å². The Balaban J connectivity index is 1.38. The molecule has 0 aromatic heterocycles. The van der Waals surface area contributed by atoms with Crippen LogP contribution >= 0.6 is 0 Å². The van der Waals surface area contributed by atoms with Crippen LogP contribution in [0.4, 0.5) is 24.5 Å². The third kappa shape index (κ3) is 6.28. The van der Waals surface area contributed by atoms with Gasteiger partial charge < -0.3 is 15.0 Å². The molecular formula is C23H26F3N3O4S. The van der Waals surface area contributed by atoms with E-state index in [1.807, 2.05) is 4.90 Å². The predicted molar refractivity (Wildman–Crippen MR) is 121 cm³/mol. The smallest absolute Gasteiger partial charge is 0.378 e. The number of nitrogens with zero attached hydrogens (tertiary/aromatic N) is 1. The van der Waals surface area contributed by atoms with Crippen molar-refractivity contribution in [3.05, 3.63) is 53.6 Å². The van der Waals surface area contributed by atoms with Crippen molar-refractivity contribution in [2.45, 2.75) is 42.8 Å². The van der Waals surface area contributed by atoms with Gasteiger partial charge in [-0.05, 0) is 55.2 Å². The molecule has 1 heterocycles. The Morgan fingerprint density at radius 2 is 1.74 bits per heavy atom. The number of ether oxygens (including phenoxy) is 1. The lowest BCUT2D eigenvalue weighted by atomic mass is 10.1. The van der Waals surface area contributed by atoms with Crippen LogP contribution < -0.4 is 14.9 Å². The number of hydrogen-bond donors (Lipinski definition) is 2. The summed E-state index contributed by atoms with van der Waals surface area (Å²) in [6.45, 7) is 1.90. The van der Waals surface area contributed by atoms with Crippen molar-refractivity contribution in [1.29, 1.82) is 0 Å². The standard InChI is InChI=1S/C23H26F3N3O4S/c24-23(25,26)20-15-18(29-11-13-33-14-12-29)6-9-21(20)27-22(30)10-3-16-1-7-19(8-2-16)34(31,32)28-17-4-5-17/h1-2,6-9,15,17,28H,3-5,10-14H2,(H,27,30). The molecule has 34 heavy (non-hydrogen) atoms. The number of benzene rings is 2. The van der Waals surface area contributed by atoms with Gasteiger partial charge >= 0.3 is 6.18 Å². The second-order valence-corrected chi connectivity index (χ2v) is 10.1. The Kier molecular flexibility index (Phi) is 7.15. The minimum atomic E-state index is -4.62. The molecular weight excluding hydrogens is 471 g/mol. The summed E-state index contributed by atoms with van der Waals surface area (Å²) in [5.41, 5.74) is -0.0521. The van der Waals surface area contributed by atoms with Crippen LogP contribution in [0.3, 0.4) is 0 Å². The Morgan fingerprint density at radius 3 is 2.35 bits per heavy atom. The van der Waals surface area contributed by atoms with E-state index < -0.39 is 27.7 Å². The zero-order valence-corrected chi connectivity index (χ0v) is 19.2. The Hall–Kier alpha value is -2.63. The minimum absolute atomic E-state index is 0.00195. The molecule has 0 unspecified atom stereocenters. The maximum Gasteiger partial charge on any atom is 0.418 e. The summed E-state index contributed by atoms with van der Waals surface area (Å²) < 4.78 is 73.3. The molecule has 0 bridgehead atoms. The fraction of sp³-hybridized carbons (Fsp3) is 0.435. The number of anilines is 2. The molecule has 7 nitrogen and oxygen atoms in total. The van der Waals surface area contributed by atoms with Crippen LogP contribution in [-0.2, 0) is 32.2 Å². The number of rotatable bonds is 8. The summed E-state index contributed by atoms with van der Waals surface area (Å²) in [4.78, 5) is 14.4. The van der Waals surface area contributed by atoms with Gasteiger partial charge in [-0.1, -0.05) is 12.1 Å². The van der Waals surface area contributed by atoms with Crippen LogP contribution in [0.5, 0.6) is 0 Å². The van der Waals surface area contributed by atoms with Crippen molar-refractivity contribution < 1.29 is 31.1 Å². The first-order chi connectivity index (χ1) is 16.1. The van der Waals surface area contributed by atoms with E-state index in [4.69, 9.17) is 4.74 Å². The molecule has 4 rings (SSSR count). The van der Waals surface area contributed by atoms with Gasteiger partial charge in [0.05, 0.1) is 29.4 Å². The number of carbonyl (C=O) groups excluding carboxylic acids is 1. The predicted octanol–water partition coefficient (Wildman–Crippen LogP) is 3.55. The van der Waals surface area contributed by atoms with Crippen molar-refractivity contribution in [1.82, 2.24) is 4.72 Å². The molecule has 1 aliphatic carbocycles. The van der Waals surface area contributed by atoms with E-state index in [1.54, 1.807) is 18.2 Å². The van der Waals surface area contributed by atoms with E-state index in [0.29, 0.717) is 37.6 Å². The molecule has 0 spiro atoms. The molecule has 0 radical (unpaired) electrons. The highest BCUT2D eigenvalue weighted by molar-refractivity contribution is 7.89. The number of morpholine rings is 1. The van der Waals surface area contributed by atoms with Crippen LogP contribution in [0.1, 0.15) is 30.4 Å². The summed E-state index contributed by atoms with van der Waals surface area (Å²) in [5, 5.41) is 2.37. The first-order valence-corrected chi connectivity index (χ1v) is 12.6. The number of sulfonamides is 1. The second kappa shape index (κ2) is 9.93. The Labute approximate surface area is 196 Å². The maximum atomic E-state index is 13.7. The molecule has 0 atom stereocenters. The molecule has 2 aromatic carbocycles. The van der Waals surface area contributed by atoms with E-state index in [9.17, 15) is 26.4 Å². The highest BCUT2D eigenvalue weighted by atomic mass is 32.2. The van der Waals surface area contributed by atoms with Gasteiger partial charge in [0.1, 0.15) is 0 Å². The zero-order chi connectivity index (χ0) is 24.3. The fourth-order valence-corrected chi connectivity index (χ4v) is 4.99. The van der Waals surface area contributed by atoms with E-state index in [2.05, 4.69) is 10.0 Å². The molecule has 2 aromatic rings. The fourth-order valence-electron chi connectivity index (χ4n) is 3.69. The van der Waals surface area contributed by atoms with Gasteiger partial charge in [-0.2, -0.15) is 13.2 Å². The SMILES string of the molecule is O=C(CCc1ccc(S(=O)(=O)NC2CC2)cc1)Nc1ccc(N2CCOCC2)cc1C(F)(F)F. The molecule has 184 valence electrons. The van der Waals surface area contributed by atoms with Gasteiger partial charge in [-0.3, -0.25) is 4.79 Å². The molecule has 2 aliphatic rings. The number of carbonyl (C=O) groups is 1. The van der Waals surface area contributed by atoms with Crippen LogP contribution in [0, 0.1) is 0 Å². The highest BCUT2D eigenvalue weighted by Gasteiger charge is 2.35. The van der Waals surface area contributed by atoms with Gasteiger partial charge in [0.2, 0.25) is 15.9 Å². The van der Waals surface area contributed by atoms with Gasteiger partial charge in [-0.15, -0.1) is 0 Å². The van der Waals surface area contributed by atoms with E-state index in [0.717, 1.165) is 18.9 Å². The molecule has 1 amide bonds. The molecule has 2 fully saturated rings. The van der Waals surface area contributed by atoms with E-state index >= 15 is 0 Å². The first kappa shape index (κ1) is 24.5. The lowest BCUT2D eigenvalue weighted by Crippen LogP contribution is -2.36. The number of nitrogens with one attached hydrogen (secondary N) is 2. The van der Waals surface area contributed by atoms with Crippen LogP contribution in [0.15, 0.2) is 47.4 Å². The Morgan fingerprint density at radius 1 is 1.06 bits per heavy atom. The van der Waals surface area contributed by atoms with Gasteiger partial charge in [-0.25, -0.2) is 13.1 Å². The minimum Gasteiger partial charge on any atom is -0.378 e. The summed E-state index contributed by atoms with van der Waals surface area (Å²) in [6.07, 6.45) is -2.75. The summed E-state index contributed by atoms with van der Waals surface area (Å²) in [5.74, 6) is -0.559. The quantitative estimate of drug-likeness (QED) is 0.583. The number of aryl methyl sites for hydroxylation is 1. The van der Waals surface area contributed by atoms with Crippen LogP contribution in [0.2, 0.25) is 0 Å². The van der Waals surface area contributed by atoms with E-state index in [-0.39, 0.29) is 29.5 Å². The Bertz CT molecular complexity index is 1130. The lowest BCUT2D eigenvalue weighted by Gasteiger charge is -2.29. The average molecular weight is 498 g/mol. The third-order valence-corrected chi connectivity index (χ3v) is 7.27. The molecule has 1 saturated heterocycles. The monoisotopic (exact) mass is 497 g/mol. The molecule has 1 aliphatic heterocycles. The first-order valence-electron chi connectivity index (χ1n) is 11.1. The summed E-state index contributed by atoms with van der Waals surface area (Å²) >= 11 is 0. The van der Waals surface area contributed by atoms with Gasteiger partial charge in [0.25, 0.3) is 0 Å². The molecule has 1 saturated carbocycles. The third-order valence-electron chi connectivity index (χ3n) is 5.73. The van der Waals surface area contributed by atoms with Gasteiger partial charge in [0.15, 0.2) is 0 Å². The number of halogens is 3. The summed E-state index contributed by atoms with van der Waals surface area (Å²) in [6, 6.07) is 10.0.